The summed E-state index contributed by atoms with van der Waals surface area (Å²) in [4.78, 5) is 25.3. The molecule has 6 heteroatoms. The van der Waals surface area contributed by atoms with Gasteiger partial charge in [0.15, 0.2) is 0 Å². The van der Waals surface area contributed by atoms with Gasteiger partial charge < -0.3 is 19.7 Å². The molecule has 1 fully saturated rings. The average Bonchev–Trinajstić information content (AvgIpc) is 2.32. The number of nitrogens with zero attached hydrogens (tertiary/aromatic N) is 1. The van der Waals surface area contributed by atoms with Crippen molar-refractivity contribution < 1.29 is 19.1 Å². The van der Waals surface area contributed by atoms with Gasteiger partial charge in [-0.1, -0.05) is 0 Å². The fraction of sp³-hybridized carbons (Fsp3) is 0.857. The molecule has 0 aromatic carbocycles. The highest BCUT2D eigenvalue weighted by atomic mass is 16.6. The number of esters is 1. The number of carbonyl (C=O) groups is 2. The zero-order chi connectivity index (χ0) is 15.2. The molecular weight excluding hydrogens is 260 g/mol. The van der Waals surface area contributed by atoms with Gasteiger partial charge in [0.1, 0.15) is 5.60 Å². The van der Waals surface area contributed by atoms with E-state index in [1.54, 1.807) is 0 Å². The lowest BCUT2D eigenvalue weighted by molar-refractivity contribution is -0.155. The van der Waals surface area contributed by atoms with Crippen molar-refractivity contribution in [2.45, 2.75) is 45.3 Å². The minimum Gasteiger partial charge on any atom is -0.460 e. The molecule has 0 aromatic heterocycles. The molecule has 1 rings (SSSR count). The summed E-state index contributed by atoms with van der Waals surface area (Å²) in [5, 5.41) is 2.79. The van der Waals surface area contributed by atoms with Gasteiger partial charge in [-0.05, 0) is 27.8 Å². The Kier molecular flexibility index (Phi) is 6.42. The summed E-state index contributed by atoms with van der Waals surface area (Å²) in [6, 6.07) is 0. The Balaban J connectivity index is 2.15. The molecule has 1 aliphatic rings. The predicted octanol–water partition coefficient (Wildman–Crippen LogP) is 0.555. The Morgan fingerprint density at radius 1 is 1.35 bits per heavy atom. The molecule has 1 saturated heterocycles. The largest absolute Gasteiger partial charge is 0.460 e. The van der Waals surface area contributed by atoms with Crippen molar-refractivity contribution in [1.82, 2.24) is 10.2 Å². The number of ether oxygens (including phenoxy) is 2. The summed E-state index contributed by atoms with van der Waals surface area (Å²) in [5.41, 5.74) is -0.506. The van der Waals surface area contributed by atoms with Crippen molar-refractivity contribution in [2.75, 3.05) is 33.3 Å². The van der Waals surface area contributed by atoms with E-state index in [-0.39, 0.29) is 30.8 Å². The number of hydrogen-bond acceptors (Lipinski definition) is 5. The highest BCUT2D eigenvalue weighted by molar-refractivity contribution is 5.81. The second-order valence-corrected chi connectivity index (χ2v) is 6.15. The predicted molar refractivity (Wildman–Crippen MR) is 75.3 cm³/mol. The zero-order valence-corrected chi connectivity index (χ0v) is 12.9. The van der Waals surface area contributed by atoms with E-state index in [1.807, 2.05) is 27.8 Å². The second kappa shape index (κ2) is 7.59. The fourth-order valence-corrected chi connectivity index (χ4v) is 1.91. The molecule has 1 amide bonds. The van der Waals surface area contributed by atoms with Gasteiger partial charge in [-0.15, -0.1) is 0 Å². The van der Waals surface area contributed by atoms with Crippen LogP contribution in [0.3, 0.4) is 0 Å². The third-order valence-corrected chi connectivity index (χ3v) is 2.84. The molecule has 1 atom stereocenters. The maximum atomic E-state index is 11.6. The van der Waals surface area contributed by atoms with Crippen molar-refractivity contribution in [1.29, 1.82) is 0 Å². The van der Waals surface area contributed by atoms with Gasteiger partial charge in [0.05, 0.1) is 19.1 Å². The molecule has 0 spiro atoms. The van der Waals surface area contributed by atoms with E-state index >= 15 is 0 Å². The van der Waals surface area contributed by atoms with Crippen LogP contribution in [0.5, 0.6) is 0 Å². The van der Waals surface area contributed by atoms with E-state index in [9.17, 15) is 9.59 Å². The number of amides is 1. The Hall–Kier alpha value is -1.14. The van der Waals surface area contributed by atoms with Crippen molar-refractivity contribution in [2.24, 2.45) is 0 Å². The van der Waals surface area contributed by atoms with Gasteiger partial charge in [0.2, 0.25) is 5.91 Å². The fourth-order valence-electron chi connectivity index (χ4n) is 1.91. The quantitative estimate of drug-likeness (QED) is 0.748. The molecule has 0 aliphatic carbocycles. The number of morpholine rings is 1. The standard InChI is InChI=1S/C14H26N2O4/c1-14(2,3)20-13(18)6-5-12(17)15-9-11-10-16(4)7-8-19-11/h11H,5-10H2,1-4H3,(H,15,17). The van der Waals surface area contributed by atoms with Crippen molar-refractivity contribution in [3.8, 4) is 0 Å². The number of rotatable bonds is 5. The summed E-state index contributed by atoms with van der Waals surface area (Å²) in [6.07, 6.45) is 0.283. The summed E-state index contributed by atoms with van der Waals surface area (Å²) in [6.45, 7) is 8.33. The molecular formula is C14H26N2O4. The highest BCUT2D eigenvalue weighted by Crippen LogP contribution is 2.09. The van der Waals surface area contributed by atoms with Gasteiger partial charge >= 0.3 is 5.97 Å². The van der Waals surface area contributed by atoms with Gasteiger partial charge in [-0.25, -0.2) is 0 Å². The van der Waals surface area contributed by atoms with E-state index in [0.717, 1.165) is 13.1 Å². The summed E-state index contributed by atoms with van der Waals surface area (Å²) in [7, 11) is 2.03. The number of carbonyl (C=O) groups excluding carboxylic acids is 2. The Morgan fingerprint density at radius 3 is 2.65 bits per heavy atom. The van der Waals surface area contributed by atoms with Crippen molar-refractivity contribution in [3.63, 3.8) is 0 Å². The summed E-state index contributed by atoms with van der Waals surface area (Å²) < 4.78 is 10.7. The van der Waals surface area contributed by atoms with Crippen LogP contribution in [0.25, 0.3) is 0 Å². The van der Waals surface area contributed by atoms with Crippen LogP contribution in [0.4, 0.5) is 0 Å². The van der Waals surface area contributed by atoms with Crippen LogP contribution in [0.15, 0.2) is 0 Å². The first-order chi connectivity index (χ1) is 9.26. The number of nitrogens with one attached hydrogen (secondary N) is 1. The molecule has 20 heavy (non-hydrogen) atoms. The lowest BCUT2D eigenvalue weighted by Gasteiger charge is -2.30. The minimum atomic E-state index is -0.506. The van der Waals surface area contributed by atoms with Crippen LogP contribution in [0.2, 0.25) is 0 Å². The molecule has 0 radical (unpaired) electrons. The summed E-state index contributed by atoms with van der Waals surface area (Å²) >= 11 is 0. The van der Waals surface area contributed by atoms with Crippen LogP contribution < -0.4 is 5.32 Å². The van der Waals surface area contributed by atoms with Crippen LogP contribution in [0, 0.1) is 0 Å². The zero-order valence-electron chi connectivity index (χ0n) is 12.9. The molecule has 1 unspecified atom stereocenters. The van der Waals surface area contributed by atoms with E-state index in [4.69, 9.17) is 9.47 Å². The first-order valence-electron chi connectivity index (χ1n) is 7.05. The second-order valence-electron chi connectivity index (χ2n) is 6.15. The molecule has 1 heterocycles. The van der Waals surface area contributed by atoms with Crippen LogP contribution in [-0.4, -0.2) is 61.8 Å². The molecule has 0 bridgehead atoms. The minimum absolute atomic E-state index is 0.0271. The molecule has 0 saturated carbocycles. The van der Waals surface area contributed by atoms with E-state index in [1.165, 1.54) is 0 Å². The molecule has 1 N–H and O–H groups in total. The monoisotopic (exact) mass is 286 g/mol. The molecule has 6 nitrogen and oxygen atoms in total. The van der Waals surface area contributed by atoms with Crippen LogP contribution in [0.1, 0.15) is 33.6 Å². The molecule has 0 aromatic rings. The first-order valence-corrected chi connectivity index (χ1v) is 7.05. The smallest absolute Gasteiger partial charge is 0.306 e. The normalized spacial score (nSPS) is 20.5. The average molecular weight is 286 g/mol. The lowest BCUT2D eigenvalue weighted by Crippen LogP contribution is -2.45. The van der Waals surface area contributed by atoms with Gasteiger partial charge in [-0.2, -0.15) is 0 Å². The maximum Gasteiger partial charge on any atom is 0.306 e. The third-order valence-electron chi connectivity index (χ3n) is 2.84. The van der Waals surface area contributed by atoms with E-state index in [2.05, 4.69) is 10.2 Å². The van der Waals surface area contributed by atoms with Crippen molar-refractivity contribution >= 4 is 11.9 Å². The SMILES string of the molecule is CN1CCOC(CNC(=O)CCC(=O)OC(C)(C)C)C1. The third kappa shape index (κ3) is 7.45. The number of hydrogen-bond donors (Lipinski definition) is 1. The Labute approximate surface area is 120 Å². The van der Waals surface area contributed by atoms with Gasteiger partial charge in [0.25, 0.3) is 0 Å². The highest BCUT2D eigenvalue weighted by Gasteiger charge is 2.19. The number of likely N-dealkylation sites (N-methyl/N-ethyl adjacent to an activating group) is 1. The van der Waals surface area contributed by atoms with Crippen LogP contribution >= 0.6 is 0 Å². The summed E-state index contributed by atoms with van der Waals surface area (Å²) in [5.74, 6) is -0.492. The molecule has 1 aliphatic heterocycles. The lowest BCUT2D eigenvalue weighted by atomic mass is 10.2. The first kappa shape index (κ1) is 16.9. The Morgan fingerprint density at radius 2 is 2.05 bits per heavy atom. The van der Waals surface area contributed by atoms with Gasteiger partial charge in [-0.3, -0.25) is 9.59 Å². The maximum absolute atomic E-state index is 11.6. The topological polar surface area (TPSA) is 67.9 Å². The van der Waals surface area contributed by atoms with Crippen LogP contribution in [-0.2, 0) is 19.1 Å². The molecule has 116 valence electrons. The van der Waals surface area contributed by atoms with Crippen molar-refractivity contribution in [3.05, 3.63) is 0 Å². The van der Waals surface area contributed by atoms with Gasteiger partial charge in [0, 0.05) is 26.1 Å². The van der Waals surface area contributed by atoms with E-state index in [0.29, 0.717) is 13.2 Å². The van der Waals surface area contributed by atoms with E-state index < -0.39 is 5.60 Å². The Bertz CT molecular complexity index is 339.